The Bertz CT molecular complexity index is 670. The van der Waals surface area contributed by atoms with Gasteiger partial charge < -0.3 is 29.9 Å². The van der Waals surface area contributed by atoms with Gasteiger partial charge in [0.15, 0.2) is 5.96 Å². The van der Waals surface area contributed by atoms with Crippen LogP contribution in [0.3, 0.4) is 0 Å². The molecule has 1 aromatic carbocycles. The highest BCUT2D eigenvalue weighted by atomic mass is 127. The smallest absolute Gasteiger partial charge is 0.407 e. The van der Waals surface area contributed by atoms with Crippen molar-refractivity contribution in [1.82, 2.24) is 15.5 Å². The minimum absolute atomic E-state index is 0. The van der Waals surface area contributed by atoms with Crippen LogP contribution in [-0.2, 0) is 4.74 Å². The topological polar surface area (TPSA) is 78.4 Å². The maximum atomic E-state index is 11.7. The Kier molecular flexibility index (Phi) is 10.3. The highest BCUT2D eigenvalue weighted by Gasteiger charge is 2.20. The molecule has 0 spiro atoms. The number of nitrogens with zero attached hydrogens (tertiary/aromatic N) is 3. The molecule has 0 unspecified atom stereocenters. The third-order valence-electron chi connectivity index (χ3n) is 4.29. The number of nitrogens with one attached hydrogen (secondary N) is 2. The van der Waals surface area contributed by atoms with E-state index in [4.69, 9.17) is 9.47 Å². The maximum Gasteiger partial charge on any atom is 0.407 e. The standard InChI is InChI=1S/C20H33N5O3.HI/c1-20(2,3)28-19(26)23-10-9-22-18(21-4)25-13-11-24(12-14-25)16-7-6-8-17(15-16)27-5;/h6-8,15H,9-14H2,1-5H3,(H,21,22)(H,23,26);1H. The lowest BCUT2D eigenvalue weighted by atomic mass is 10.2. The lowest BCUT2D eigenvalue weighted by Gasteiger charge is -2.37. The molecule has 0 saturated carbocycles. The van der Waals surface area contributed by atoms with Crippen LogP contribution in [0, 0.1) is 0 Å². The van der Waals surface area contributed by atoms with E-state index in [1.54, 1.807) is 14.2 Å². The quantitative estimate of drug-likeness (QED) is 0.270. The molecule has 8 nitrogen and oxygen atoms in total. The molecule has 0 radical (unpaired) electrons. The molecule has 164 valence electrons. The van der Waals surface area contributed by atoms with Gasteiger partial charge >= 0.3 is 6.09 Å². The third-order valence-corrected chi connectivity index (χ3v) is 4.29. The number of hydrogen-bond acceptors (Lipinski definition) is 5. The maximum absolute atomic E-state index is 11.7. The first-order chi connectivity index (χ1) is 13.3. The summed E-state index contributed by atoms with van der Waals surface area (Å²) in [5, 5.41) is 6.04. The zero-order valence-corrected chi connectivity index (χ0v) is 20.4. The van der Waals surface area contributed by atoms with Crippen LogP contribution in [0.5, 0.6) is 5.75 Å². The highest BCUT2D eigenvalue weighted by Crippen LogP contribution is 2.22. The van der Waals surface area contributed by atoms with Gasteiger partial charge in [0.2, 0.25) is 0 Å². The Hall–Kier alpha value is -1.91. The summed E-state index contributed by atoms with van der Waals surface area (Å²) in [5.74, 6) is 1.71. The Morgan fingerprint density at radius 1 is 1.14 bits per heavy atom. The molecule has 1 saturated heterocycles. The number of anilines is 1. The highest BCUT2D eigenvalue weighted by molar-refractivity contribution is 14.0. The second-order valence-electron chi connectivity index (χ2n) is 7.58. The van der Waals surface area contributed by atoms with Crippen LogP contribution in [-0.4, -0.2) is 76.0 Å². The Morgan fingerprint density at radius 3 is 2.38 bits per heavy atom. The van der Waals surface area contributed by atoms with E-state index >= 15 is 0 Å². The van der Waals surface area contributed by atoms with Crippen LogP contribution in [0.2, 0.25) is 0 Å². The van der Waals surface area contributed by atoms with Crippen molar-refractivity contribution in [2.45, 2.75) is 26.4 Å². The van der Waals surface area contributed by atoms with E-state index in [0.29, 0.717) is 13.1 Å². The number of amides is 1. The summed E-state index contributed by atoms with van der Waals surface area (Å²) in [6.45, 7) is 10.1. The van der Waals surface area contributed by atoms with E-state index in [-0.39, 0.29) is 24.0 Å². The summed E-state index contributed by atoms with van der Waals surface area (Å²) in [5.41, 5.74) is 0.680. The molecule has 9 heteroatoms. The molecule has 1 fully saturated rings. The fourth-order valence-corrected chi connectivity index (χ4v) is 2.97. The molecular weight excluding hydrogens is 485 g/mol. The normalized spacial score (nSPS) is 14.7. The second-order valence-corrected chi connectivity index (χ2v) is 7.58. The molecule has 0 bridgehead atoms. The minimum Gasteiger partial charge on any atom is -0.497 e. The summed E-state index contributed by atoms with van der Waals surface area (Å²) in [4.78, 5) is 20.6. The van der Waals surface area contributed by atoms with Gasteiger partial charge in [-0.1, -0.05) is 6.07 Å². The predicted molar refractivity (Wildman–Crippen MR) is 128 cm³/mol. The van der Waals surface area contributed by atoms with Crippen LogP contribution >= 0.6 is 24.0 Å². The molecule has 0 atom stereocenters. The molecule has 0 aliphatic carbocycles. The summed E-state index contributed by atoms with van der Waals surface area (Å²) >= 11 is 0. The van der Waals surface area contributed by atoms with Gasteiger partial charge in [-0.2, -0.15) is 0 Å². The van der Waals surface area contributed by atoms with E-state index < -0.39 is 11.7 Å². The zero-order chi connectivity index (χ0) is 20.6. The monoisotopic (exact) mass is 519 g/mol. The summed E-state index contributed by atoms with van der Waals surface area (Å²) in [6.07, 6.45) is -0.406. The fraction of sp³-hybridized carbons (Fsp3) is 0.600. The van der Waals surface area contributed by atoms with E-state index in [9.17, 15) is 4.79 Å². The number of methoxy groups -OCH3 is 1. The molecule has 1 heterocycles. The number of benzene rings is 1. The van der Waals surface area contributed by atoms with Gasteiger partial charge in [-0.25, -0.2) is 4.79 Å². The molecule has 1 amide bonds. The number of guanidine groups is 1. The van der Waals surface area contributed by atoms with Crippen LogP contribution in [0.15, 0.2) is 29.3 Å². The van der Waals surface area contributed by atoms with E-state index in [0.717, 1.165) is 37.9 Å². The van der Waals surface area contributed by atoms with Crippen LogP contribution in [0.25, 0.3) is 0 Å². The molecular formula is C20H34IN5O3. The van der Waals surface area contributed by atoms with E-state index in [2.05, 4.69) is 37.6 Å². The van der Waals surface area contributed by atoms with Crippen LogP contribution < -0.4 is 20.3 Å². The van der Waals surface area contributed by atoms with Crippen molar-refractivity contribution in [3.63, 3.8) is 0 Å². The average Bonchev–Trinajstić information content (AvgIpc) is 2.67. The molecule has 1 aliphatic heterocycles. The van der Waals surface area contributed by atoms with Crippen molar-refractivity contribution < 1.29 is 14.3 Å². The van der Waals surface area contributed by atoms with Crippen molar-refractivity contribution in [3.05, 3.63) is 24.3 Å². The number of halogens is 1. The number of ether oxygens (including phenoxy) is 2. The lowest BCUT2D eigenvalue weighted by molar-refractivity contribution is 0.0529. The van der Waals surface area contributed by atoms with E-state index in [1.165, 1.54) is 5.69 Å². The summed E-state index contributed by atoms with van der Waals surface area (Å²) in [6, 6.07) is 8.13. The first kappa shape index (κ1) is 25.1. The molecule has 1 aromatic rings. The molecule has 0 aromatic heterocycles. The largest absolute Gasteiger partial charge is 0.497 e. The second kappa shape index (κ2) is 11.9. The van der Waals surface area contributed by atoms with Gasteiger partial charge in [0.25, 0.3) is 0 Å². The van der Waals surface area contributed by atoms with Gasteiger partial charge in [-0.3, -0.25) is 4.99 Å². The van der Waals surface area contributed by atoms with Gasteiger partial charge in [0, 0.05) is 58.1 Å². The molecule has 29 heavy (non-hydrogen) atoms. The van der Waals surface area contributed by atoms with E-state index in [1.807, 2.05) is 32.9 Å². The van der Waals surface area contributed by atoms with Crippen molar-refractivity contribution in [3.8, 4) is 5.75 Å². The van der Waals surface area contributed by atoms with Crippen LogP contribution in [0.1, 0.15) is 20.8 Å². The molecule has 1 aliphatic rings. The number of carbonyl (C=O) groups excluding carboxylic acids is 1. The van der Waals surface area contributed by atoms with Gasteiger partial charge in [-0.05, 0) is 32.9 Å². The Balaban J connectivity index is 0.00000420. The van der Waals surface area contributed by atoms with Crippen molar-refractivity contribution in [2.24, 2.45) is 4.99 Å². The fourth-order valence-electron chi connectivity index (χ4n) is 2.97. The first-order valence-electron chi connectivity index (χ1n) is 9.64. The summed E-state index contributed by atoms with van der Waals surface area (Å²) in [7, 11) is 3.46. The number of aliphatic imine (C=N–C) groups is 1. The number of rotatable bonds is 5. The van der Waals surface area contributed by atoms with Crippen LogP contribution in [0.4, 0.5) is 10.5 Å². The predicted octanol–water partition coefficient (Wildman–Crippen LogP) is 2.54. The molecule has 2 rings (SSSR count). The van der Waals surface area contributed by atoms with Gasteiger partial charge in [0.1, 0.15) is 11.4 Å². The molecule has 2 N–H and O–H groups in total. The van der Waals surface area contributed by atoms with Gasteiger partial charge in [0.05, 0.1) is 7.11 Å². The number of hydrogen-bond donors (Lipinski definition) is 2. The number of alkyl carbamates (subject to hydrolysis) is 1. The minimum atomic E-state index is -0.490. The number of carbonyl (C=O) groups is 1. The first-order valence-corrected chi connectivity index (χ1v) is 9.64. The number of piperazine rings is 1. The SMILES string of the molecule is CN=C(NCCNC(=O)OC(C)(C)C)N1CCN(c2cccc(OC)c2)CC1.I. The average molecular weight is 519 g/mol. The van der Waals surface area contributed by atoms with Crippen molar-refractivity contribution in [2.75, 3.05) is 58.3 Å². The Labute approximate surface area is 191 Å². The summed E-state index contributed by atoms with van der Waals surface area (Å²) < 4.78 is 10.5. The lowest BCUT2D eigenvalue weighted by Crippen LogP contribution is -2.53. The van der Waals surface area contributed by atoms with Crippen molar-refractivity contribution in [1.29, 1.82) is 0 Å². The van der Waals surface area contributed by atoms with Gasteiger partial charge in [-0.15, -0.1) is 24.0 Å². The third kappa shape index (κ3) is 8.55. The Morgan fingerprint density at radius 2 is 1.79 bits per heavy atom. The zero-order valence-electron chi connectivity index (χ0n) is 18.0. The van der Waals surface area contributed by atoms with Crippen molar-refractivity contribution >= 4 is 41.7 Å².